The summed E-state index contributed by atoms with van der Waals surface area (Å²) in [5, 5.41) is 0. The predicted octanol–water partition coefficient (Wildman–Crippen LogP) is 7.17. The van der Waals surface area contributed by atoms with Gasteiger partial charge in [0, 0.05) is 0 Å². The third-order valence-electron chi connectivity index (χ3n) is 4.86. The normalized spacial score (nSPS) is 11.4. The molecule has 0 aromatic heterocycles. The van der Waals surface area contributed by atoms with Crippen LogP contribution in [0.4, 0.5) is 5.69 Å². The predicted molar refractivity (Wildman–Crippen MR) is 101 cm³/mol. The van der Waals surface area contributed by atoms with E-state index < -0.39 is 18.4 Å². The van der Waals surface area contributed by atoms with Gasteiger partial charge >= 0.3 is 142 Å². The molecule has 0 atom stereocenters. The van der Waals surface area contributed by atoms with E-state index in [0.717, 1.165) is 5.69 Å². The van der Waals surface area contributed by atoms with Gasteiger partial charge in [0.2, 0.25) is 0 Å². The Kier molecular flexibility index (Phi) is 9.87. The van der Waals surface area contributed by atoms with Crippen molar-refractivity contribution in [3.63, 3.8) is 0 Å². The number of benzene rings is 1. The van der Waals surface area contributed by atoms with Gasteiger partial charge in [-0.25, -0.2) is 0 Å². The molecule has 1 aromatic carbocycles. The van der Waals surface area contributed by atoms with Crippen molar-refractivity contribution < 1.29 is 0 Å². The van der Waals surface area contributed by atoms with Gasteiger partial charge in [-0.2, -0.15) is 0 Å². The Bertz CT molecular complexity index is 439. The Morgan fingerprint density at radius 3 is 1.82 bits per heavy atom. The Morgan fingerprint density at radius 2 is 1.36 bits per heavy atom. The molecule has 0 saturated carbocycles. The summed E-state index contributed by atoms with van der Waals surface area (Å²) >= 11 is -2.16. The number of rotatable bonds is 11. The van der Waals surface area contributed by atoms with Crippen LogP contribution in [-0.2, 0) is 4.44 Å². The van der Waals surface area contributed by atoms with Crippen molar-refractivity contribution in [2.75, 3.05) is 0 Å². The molecular formula is C20H33NSn. The van der Waals surface area contributed by atoms with Crippen molar-refractivity contribution in [3.8, 4) is 0 Å². The van der Waals surface area contributed by atoms with Crippen LogP contribution in [0.25, 0.3) is 4.85 Å². The molecule has 0 unspecified atom stereocenters. The molecular weight excluding hydrogens is 373 g/mol. The molecule has 1 aromatic rings. The van der Waals surface area contributed by atoms with Gasteiger partial charge in [-0.05, 0) is 0 Å². The average Bonchev–Trinajstić information content (AvgIpc) is 2.56. The van der Waals surface area contributed by atoms with Gasteiger partial charge in [0.15, 0.2) is 0 Å². The molecule has 0 aliphatic carbocycles. The maximum atomic E-state index is 7.46. The van der Waals surface area contributed by atoms with Crippen molar-refractivity contribution in [1.82, 2.24) is 0 Å². The molecule has 0 amide bonds. The zero-order valence-corrected chi connectivity index (χ0v) is 17.7. The SMILES string of the molecule is [C-]#[N+]c1ccccc1[CH2][Sn]([CH2]CCC)([CH2]CCC)[CH2]CCC. The number of nitrogens with zero attached hydrogens (tertiary/aromatic N) is 1. The van der Waals surface area contributed by atoms with E-state index in [1.165, 1.54) is 61.8 Å². The fourth-order valence-corrected chi connectivity index (χ4v) is 19.7. The topological polar surface area (TPSA) is 4.36 Å². The molecule has 122 valence electrons. The summed E-state index contributed by atoms with van der Waals surface area (Å²) in [6.45, 7) is 14.4. The van der Waals surface area contributed by atoms with E-state index in [4.69, 9.17) is 6.57 Å². The molecule has 0 bridgehead atoms. The molecule has 0 heterocycles. The maximum absolute atomic E-state index is 7.46. The van der Waals surface area contributed by atoms with Gasteiger partial charge in [0.25, 0.3) is 0 Å². The van der Waals surface area contributed by atoms with Crippen LogP contribution in [0, 0.1) is 6.57 Å². The van der Waals surface area contributed by atoms with Crippen LogP contribution < -0.4 is 0 Å². The van der Waals surface area contributed by atoms with E-state index in [-0.39, 0.29) is 0 Å². The van der Waals surface area contributed by atoms with Crippen LogP contribution in [0.1, 0.15) is 64.9 Å². The van der Waals surface area contributed by atoms with E-state index in [1.807, 2.05) is 12.1 Å². The van der Waals surface area contributed by atoms with Crippen LogP contribution in [-0.4, -0.2) is 18.4 Å². The first-order valence-electron chi connectivity index (χ1n) is 9.16. The van der Waals surface area contributed by atoms with Gasteiger partial charge in [-0.1, -0.05) is 0 Å². The number of unbranched alkanes of at least 4 members (excludes halogenated alkanes) is 3. The molecule has 22 heavy (non-hydrogen) atoms. The van der Waals surface area contributed by atoms with E-state index in [1.54, 1.807) is 0 Å². The van der Waals surface area contributed by atoms with E-state index >= 15 is 0 Å². The van der Waals surface area contributed by atoms with Gasteiger partial charge < -0.3 is 0 Å². The number of para-hydroxylation sites is 1. The van der Waals surface area contributed by atoms with Crippen molar-refractivity contribution in [1.29, 1.82) is 0 Å². The summed E-state index contributed by atoms with van der Waals surface area (Å²) in [6, 6.07) is 8.37. The second-order valence-electron chi connectivity index (χ2n) is 6.73. The van der Waals surface area contributed by atoms with Crippen molar-refractivity contribution in [2.24, 2.45) is 0 Å². The molecule has 1 nitrogen and oxygen atoms in total. The molecule has 0 spiro atoms. The van der Waals surface area contributed by atoms with Crippen LogP contribution in [0.15, 0.2) is 24.3 Å². The Hall–Kier alpha value is -0.491. The third kappa shape index (κ3) is 6.32. The molecule has 0 radical (unpaired) electrons. The Morgan fingerprint density at radius 1 is 0.864 bits per heavy atom. The fraction of sp³-hybridized carbons (Fsp3) is 0.650. The summed E-state index contributed by atoms with van der Waals surface area (Å²) in [4.78, 5) is 3.78. The van der Waals surface area contributed by atoms with E-state index in [0.29, 0.717) is 0 Å². The molecule has 1 rings (SSSR count). The molecule has 0 N–H and O–H groups in total. The summed E-state index contributed by atoms with van der Waals surface area (Å²) in [5.41, 5.74) is 2.27. The first kappa shape index (κ1) is 19.6. The zero-order chi connectivity index (χ0) is 16.3. The minimum absolute atomic E-state index is 0.910. The fourth-order valence-electron chi connectivity index (χ4n) is 3.47. The first-order chi connectivity index (χ1) is 10.7. The number of hydrogen-bond acceptors (Lipinski definition) is 0. The first-order valence-corrected chi connectivity index (χ1v) is 17.2. The monoisotopic (exact) mass is 407 g/mol. The van der Waals surface area contributed by atoms with Crippen LogP contribution in [0.5, 0.6) is 0 Å². The standard InChI is InChI=1S/C8H6N.3C4H9.Sn/c1-7-5-3-4-6-8(7)9-2;3*1-3-4-2;/h3-6H,1H2;3*1,3-4H2,2H3;. The van der Waals surface area contributed by atoms with Gasteiger partial charge in [0.1, 0.15) is 0 Å². The third-order valence-corrected chi connectivity index (χ3v) is 20.2. The second kappa shape index (κ2) is 11.1. The van der Waals surface area contributed by atoms with Gasteiger partial charge in [-0.3, -0.25) is 0 Å². The second-order valence-corrected chi connectivity index (χ2v) is 20.6. The number of hydrogen-bond donors (Lipinski definition) is 0. The Labute approximate surface area is 142 Å². The molecule has 0 fully saturated rings. The summed E-state index contributed by atoms with van der Waals surface area (Å²) < 4.78 is 5.87. The summed E-state index contributed by atoms with van der Waals surface area (Å²) in [7, 11) is 0. The van der Waals surface area contributed by atoms with Crippen LogP contribution in [0.2, 0.25) is 13.3 Å². The summed E-state index contributed by atoms with van der Waals surface area (Å²) in [6.07, 6.45) is 8.18. The van der Waals surface area contributed by atoms with Crippen molar-refractivity contribution >= 4 is 24.1 Å². The molecule has 0 saturated heterocycles. The minimum atomic E-state index is -2.16. The van der Waals surface area contributed by atoms with Crippen molar-refractivity contribution in [3.05, 3.63) is 41.2 Å². The average molecular weight is 406 g/mol. The quantitative estimate of drug-likeness (QED) is 0.271. The van der Waals surface area contributed by atoms with Crippen LogP contribution >= 0.6 is 0 Å². The molecule has 0 aliphatic heterocycles. The molecule has 2 heteroatoms. The Balaban J connectivity index is 3.01. The van der Waals surface area contributed by atoms with Gasteiger partial charge in [-0.15, -0.1) is 0 Å². The van der Waals surface area contributed by atoms with E-state index in [2.05, 4.69) is 37.7 Å². The van der Waals surface area contributed by atoms with Gasteiger partial charge in [0.05, 0.1) is 0 Å². The zero-order valence-electron chi connectivity index (χ0n) is 14.8. The summed E-state index contributed by atoms with van der Waals surface area (Å²) in [5.74, 6) is 0. The molecule has 0 aliphatic rings. The van der Waals surface area contributed by atoms with Crippen molar-refractivity contribution in [2.45, 2.75) is 77.0 Å². The van der Waals surface area contributed by atoms with E-state index in [9.17, 15) is 0 Å². The van der Waals surface area contributed by atoms with Crippen LogP contribution in [0.3, 0.4) is 0 Å².